The summed E-state index contributed by atoms with van der Waals surface area (Å²) in [5, 5.41) is 14.7. The number of aryl methyl sites for hydroxylation is 1. The van der Waals surface area contributed by atoms with Gasteiger partial charge in [0, 0.05) is 6.04 Å². The third-order valence-corrected chi connectivity index (χ3v) is 2.26. The highest BCUT2D eigenvalue weighted by molar-refractivity contribution is 5.98. The van der Waals surface area contributed by atoms with Crippen molar-refractivity contribution < 1.29 is 14.7 Å². The minimum atomic E-state index is -0.463. The van der Waals surface area contributed by atoms with Gasteiger partial charge in [-0.15, -0.1) is 0 Å². The normalized spacial score (nSPS) is 10.2. The van der Waals surface area contributed by atoms with E-state index in [4.69, 9.17) is 0 Å². The summed E-state index contributed by atoms with van der Waals surface area (Å²) in [4.78, 5) is 23.1. The maximum Gasteiger partial charge on any atom is 0.255 e. The van der Waals surface area contributed by atoms with Gasteiger partial charge in [-0.2, -0.15) is 0 Å². The summed E-state index contributed by atoms with van der Waals surface area (Å²) in [6, 6.07) is 4.77. The maximum atomic E-state index is 11.8. The molecule has 2 amide bonds. The molecule has 3 N–H and O–H groups in total. The first kappa shape index (κ1) is 14.0. The molecule has 0 radical (unpaired) electrons. The molecule has 1 aromatic carbocycles. The van der Waals surface area contributed by atoms with E-state index in [2.05, 4.69) is 10.6 Å². The molecule has 1 rings (SSSR count). The van der Waals surface area contributed by atoms with Crippen LogP contribution in [0.3, 0.4) is 0 Å². The number of phenolic OH excluding ortho intramolecular Hbond substituents is 1. The number of hydrogen-bond donors (Lipinski definition) is 3. The largest absolute Gasteiger partial charge is 0.507 e. The fourth-order valence-corrected chi connectivity index (χ4v) is 1.46. The van der Waals surface area contributed by atoms with Crippen molar-refractivity contribution in [3.63, 3.8) is 0 Å². The van der Waals surface area contributed by atoms with Crippen molar-refractivity contribution in [1.82, 2.24) is 10.6 Å². The number of rotatable bonds is 4. The Morgan fingerprint density at radius 3 is 2.61 bits per heavy atom. The number of carbonyl (C=O) groups is 2. The Morgan fingerprint density at radius 1 is 1.33 bits per heavy atom. The van der Waals surface area contributed by atoms with Gasteiger partial charge in [0.15, 0.2) is 0 Å². The van der Waals surface area contributed by atoms with E-state index in [-0.39, 0.29) is 29.8 Å². The number of nitrogens with one attached hydrogen (secondary N) is 2. The zero-order chi connectivity index (χ0) is 13.7. The van der Waals surface area contributed by atoms with E-state index in [9.17, 15) is 14.7 Å². The molecule has 18 heavy (non-hydrogen) atoms. The van der Waals surface area contributed by atoms with E-state index in [1.165, 1.54) is 6.07 Å². The second-order valence-electron chi connectivity index (χ2n) is 4.43. The van der Waals surface area contributed by atoms with Crippen LogP contribution in [0.4, 0.5) is 0 Å². The molecule has 0 aliphatic carbocycles. The van der Waals surface area contributed by atoms with Crippen LogP contribution in [0, 0.1) is 6.92 Å². The zero-order valence-electron chi connectivity index (χ0n) is 10.8. The van der Waals surface area contributed by atoms with Gasteiger partial charge in [0.05, 0.1) is 12.1 Å². The molecular formula is C13H18N2O3. The van der Waals surface area contributed by atoms with Gasteiger partial charge in [-0.3, -0.25) is 9.59 Å². The summed E-state index contributed by atoms with van der Waals surface area (Å²) < 4.78 is 0. The summed E-state index contributed by atoms with van der Waals surface area (Å²) >= 11 is 0. The minimum absolute atomic E-state index is 0.0294. The number of carbonyl (C=O) groups excluding carboxylic acids is 2. The van der Waals surface area contributed by atoms with Crippen molar-refractivity contribution in [1.29, 1.82) is 0 Å². The van der Waals surface area contributed by atoms with Crippen molar-refractivity contribution in [3.8, 4) is 5.75 Å². The molecule has 5 nitrogen and oxygen atoms in total. The van der Waals surface area contributed by atoms with Crippen LogP contribution in [0.2, 0.25) is 0 Å². The predicted molar refractivity (Wildman–Crippen MR) is 68.5 cm³/mol. The fraction of sp³-hybridized carbons (Fsp3) is 0.385. The smallest absolute Gasteiger partial charge is 0.255 e. The molecule has 0 aliphatic rings. The average Bonchev–Trinajstić information content (AvgIpc) is 2.28. The number of phenols is 1. The van der Waals surface area contributed by atoms with E-state index in [1.807, 2.05) is 20.8 Å². The highest BCUT2D eigenvalue weighted by Gasteiger charge is 2.12. The van der Waals surface area contributed by atoms with E-state index in [0.717, 1.165) is 5.56 Å². The third kappa shape index (κ3) is 4.08. The molecule has 0 bridgehead atoms. The second-order valence-corrected chi connectivity index (χ2v) is 4.43. The van der Waals surface area contributed by atoms with Gasteiger partial charge in [-0.1, -0.05) is 11.6 Å². The molecule has 0 spiro atoms. The van der Waals surface area contributed by atoms with Crippen molar-refractivity contribution in [2.24, 2.45) is 0 Å². The van der Waals surface area contributed by atoms with Gasteiger partial charge in [0.25, 0.3) is 5.91 Å². The van der Waals surface area contributed by atoms with Crippen molar-refractivity contribution in [2.45, 2.75) is 26.8 Å². The van der Waals surface area contributed by atoms with Crippen LogP contribution in [0.25, 0.3) is 0 Å². The van der Waals surface area contributed by atoms with E-state index in [1.54, 1.807) is 12.1 Å². The molecule has 0 atom stereocenters. The zero-order valence-corrected chi connectivity index (χ0v) is 10.8. The number of benzene rings is 1. The van der Waals surface area contributed by atoms with Crippen molar-refractivity contribution in [2.75, 3.05) is 6.54 Å². The summed E-state index contributed by atoms with van der Waals surface area (Å²) in [5.41, 5.74) is 1.04. The van der Waals surface area contributed by atoms with Crippen LogP contribution >= 0.6 is 0 Å². The second kappa shape index (κ2) is 6.05. The first-order valence-electron chi connectivity index (χ1n) is 5.77. The Balaban J connectivity index is 2.60. The summed E-state index contributed by atoms with van der Waals surface area (Å²) in [7, 11) is 0. The monoisotopic (exact) mass is 250 g/mol. The van der Waals surface area contributed by atoms with Gasteiger partial charge >= 0.3 is 0 Å². The molecule has 5 heteroatoms. The van der Waals surface area contributed by atoms with Crippen LogP contribution in [0.1, 0.15) is 29.8 Å². The molecule has 0 saturated heterocycles. The van der Waals surface area contributed by atoms with Gasteiger partial charge in [0.2, 0.25) is 5.91 Å². The van der Waals surface area contributed by atoms with E-state index in [0.29, 0.717) is 0 Å². The van der Waals surface area contributed by atoms with Gasteiger partial charge in [0.1, 0.15) is 5.75 Å². The fourth-order valence-electron chi connectivity index (χ4n) is 1.46. The lowest BCUT2D eigenvalue weighted by Gasteiger charge is -2.10. The molecule has 0 unspecified atom stereocenters. The molecule has 98 valence electrons. The SMILES string of the molecule is Cc1ccc(O)c(C(=O)NCC(=O)NC(C)C)c1. The lowest BCUT2D eigenvalue weighted by atomic mass is 10.1. The quantitative estimate of drug-likeness (QED) is 0.744. The summed E-state index contributed by atoms with van der Waals surface area (Å²) in [6.45, 7) is 5.39. The summed E-state index contributed by atoms with van der Waals surface area (Å²) in [6.07, 6.45) is 0. The number of hydrogen-bond acceptors (Lipinski definition) is 3. The van der Waals surface area contributed by atoms with Crippen molar-refractivity contribution in [3.05, 3.63) is 29.3 Å². The standard InChI is InChI=1S/C13H18N2O3/c1-8(2)15-12(17)7-14-13(18)10-6-9(3)4-5-11(10)16/h4-6,8,16H,7H2,1-3H3,(H,14,18)(H,15,17). The molecular weight excluding hydrogens is 232 g/mol. The van der Waals surface area contributed by atoms with Crippen LogP contribution < -0.4 is 10.6 Å². The number of amides is 2. The molecule has 0 aromatic heterocycles. The van der Waals surface area contributed by atoms with Crippen LogP contribution in [0.5, 0.6) is 5.75 Å². The summed E-state index contributed by atoms with van der Waals surface area (Å²) in [5.74, 6) is -0.817. The van der Waals surface area contributed by atoms with Crippen LogP contribution in [0.15, 0.2) is 18.2 Å². The Labute approximate surface area is 106 Å². The lowest BCUT2D eigenvalue weighted by Crippen LogP contribution is -2.39. The van der Waals surface area contributed by atoms with Gasteiger partial charge in [-0.05, 0) is 32.9 Å². The van der Waals surface area contributed by atoms with E-state index >= 15 is 0 Å². The predicted octanol–water partition coefficient (Wildman–Crippen LogP) is 0.955. The van der Waals surface area contributed by atoms with Gasteiger partial charge < -0.3 is 15.7 Å². The molecule has 0 aliphatic heterocycles. The molecule has 0 saturated carbocycles. The molecule has 0 heterocycles. The Hall–Kier alpha value is -2.04. The maximum absolute atomic E-state index is 11.8. The highest BCUT2D eigenvalue weighted by atomic mass is 16.3. The Bertz CT molecular complexity index is 456. The Morgan fingerprint density at radius 2 is 2.00 bits per heavy atom. The van der Waals surface area contributed by atoms with Crippen molar-refractivity contribution >= 4 is 11.8 Å². The van der Waals surface area contributed by atoms with Crippen LogP contribution in [-0.2, 0) is 4.79 Å². The molecule has 1 aromatic rings. The molecule has 0 fully saturated rings. The van der Waals surface area contributed by atoms with E-state index < -0.39 is 5.91 Å². The average molecular weight is 250 g/mol. The van der Waals surface area contributed by atoms with Crippen LogP contribution in [-0.4, -0.2) is 29.5 Å². The topological polar surface area (TPSA) is 78.4 Å². The highest BCUT2D eigenvalue weighted by Crippen LogP contribution is 2.17. The first-order valence-corrected chi connectivity index (χ1v) is 5.77. The first-order chi connectivity index (χ1) is 8.40. The van der Waals surface area contributed by atoms with Gasteiger partial charge in [-0.25, -0.2) is 0 Å². The third-order valence-electron chi connectivity index (χ3n) is 2.26. The number of aromatic hydroxyl groups is 1. The Kier molecular flexibility index (Phi) is 4.71. The lowest BCUT2D eigenvalue weighted by molar-refractivity contribution is -0.120. The minimum Gasteiger partial charge on any atom is -0.507 e.